The highest BCUT2D eigenvalue weighted by molar-refractivity contribution is 6.88. The summed E-state index contributed by atoms with van der Waals surface area (Å²) >= 11 is 0. The molecular weight excluding hydrogens is 1300 g/mol. The number of nitrogens with zero attached hydrogens (tertiary/aromatic N) is 16. The Morgan fingerprint density at radius 1 is 0.247 bits per heavy atom. The quantitative estimate of drug-likeness (QED) is 0.140. The average Bonchev–Trinajstić information content (AvgIpc) is 1.55. The van der Waals surface area contributed by atoms with Gasteiger partial charge in [0.1, 0.15) is 45.2 Å². The normalized spacial score (nSPS) is 19.0. The fourth-order valence-corrected chi connectivity index (χ4v) is 32.0. The molecule has 0 saturated carbocycles. The maximum Gasteiger partial charge on any atom is 0.661 e. The highest BCUT2D eigenvalue weighted by Crippen LogP contribution is 2.48. The highest BCUT2D eigenvalue weighted by atomic mass is 28.5. The molecule has 0 radical (unpaired) electrons. The molecule has 0 aliphatic carbocycles. The van der Waals surface area contributed by atoms with Crippen LogP contribution in [0.3, 0.4) is 0 Å². The van der Waals surface area contributed by atoms with Gasteiger partial charge in [0, 0.05) is 87.6 Å². The van der Waals surface area contributed by atoms with Gasteiger partial charge in [0.2, 0.25) is 0 Å². The molecule has 97 heavy (non-hydrogen) atoms. The molecule has 2 N–H and O–H groups in total. The van der Waals surface area contributed by atoms with E-state index in [1.165, 1.54) is 0 Å². The molecule has 12 aromatic rings. The van der Waals surface area contributed by atoms with Crippen LogP contribution in [0.1, 0.15) is 44.5 Å². The summed E-state index contributed by atoms with van der Waals surface area (Å²) in [5, 5.41) is 4.99. The fraction of sp³-hybridized carbons (Fsp3) is 0.0857. The topological polar surface area (TPSA) is 245 Å². The standard InChI is InChI=1S/C70H52N16O6Si5/c1-93(2,3)89-95(83-63-47-31-15-16-32-48(47)65(83)77-57-41-25-9-10-26-42(41)58(72-57)78-66-50-34-18-17-33-49(50)64(84(66)95)76-56-40-24-8-7-23-39(40)55(71-56)75-63)91-97(87,88)92-96(90-94(4,5)6)85-67-51-35-19-20-36-52(51)69(85)81-61-45-29-13-14-30-46(45)62(74-61)82-70-54-38-22-21-37-53(54)68(86(70)96)80-60-44-28-12-11-27-43(44)59(73-60)79-67/h7-38,87-88H,1-6H3. The van der Waals surface area contributed by atoms with Crippen molar-refractivity contribution in [2.24, 2.45) is 59.9 Å². The van der Waals surface area contributed by atoms with Crippen molar-refractivity contribution in [3.8, 4) is 0 Å². The van der Waals surface area contributed by atoms with Gasteiger partial charge in [-0.3, -0.25) is 16.9 Å². The van der Waals surface area contributed by atoms with E-state index in [1.54, 1.807) is 0 Å². The Bertz CT molecular complexity index is 5560. The van der Waals surface area contributed by atoms with Crippen LogP contribution < -0.4 is 22.0 Å². The lowest BCUT2D eigenvalue weighted by Crippen LogP contribution is -2.75. The lowest BCUT2D eigenvalue weighted by molar-refractivity contribution is 0.0932. The van der Waals surface area contributed by atoms with E-state index in [1.807, 2.05) is 250 Å². The average molecular weight is 1350 g/mol. The smallest absolute Gasteiger partial charge is 0.404 e. The Kier molecular flexibility index (Phi) is 11.5. The lowest BCUT2D eigenvalue weighted by Gasteiger charge is -2.43. The van der Waals surface area contributed by atoms with Crippen LogP contribution in [0.2, 0.25) is 39.3 Å². The van der Waals surface area contributed by atoms with Gasteiger partial charge < -0.3 is 26.1 Å². The Labute approximate surface area is 556 Å². The van der Waals surface area contributed by atoms with Crippen molar-refractivity contribution in [3.63, 3.8) is 0 Å². The summed E-state index contributed by atoms with van der Waals surface area (Å²) in [5.41, 5.74) is 6.96. The molecule has 0 amide bonds. The van der Waals surface area contributed by atoms with Gasteiger partial charge in [0.15, 0.2) is 63.3 Å². The molecule has 20 rings (SSSR count). The molecule has 8 aromatic carbocycles. The second-order valence-corrected chi connectivity index (χ2v) is 43.3. The summed E-state index contributed by atoms with van der Waals surface area (Å²) in [4.78, 5) is 96.1. The molecule has 12 bridgehead atoms. The van der Waals surface area contributed by atoms with Gasteiger partial charge in [0.25, 0.3) is 0 Å². The first-order valence-corrected chi connectivity index (χ1v) is 43.7. The number of benzene rings is 8. The molecule has 2 atom stereocenters. The minimum absolute atomic E-state index is 0.288. The van der Waals surface area contributed by atoms with Gasteiger partial charge in [-0.05, 0) is 39.3 Å². The first-order chi connectivity index (χ1) is 47.0. The number of rotatable bonds is 8. The Morgan fingerprint density at radius 2 is 0.443 bits per heavy atom. The first kappa shape index (κ1) is 56.7. The van der Waals surface area contributed by atoms with Gasteiger partial charge in [-0.2, -0.15) is 0 Å². The molecule has 22 nitrogen and oxygen atoms in total. The lowest BCUT2D eigenvalue weighted by atomic mass is 10.1. The van der Waals surface area contributed by atoms with Gasteiger partial charge >= 0.3 is 26.8 Å². The highest BCUT2D eigenvalue weighted by Gasteiger charge is 2.67. The summed E-state index contributed by atoms with van der Waals surface area (Å²) < 4.78 is 39.8. The van der Waals surface area contributed by atoms with Gasteiger partial charge in [-0.1, -0.05) is 194 Å². The zero-order valence-electron chi connectivity index (χ0n) is 52.7. The molecule has 8 aliphatic rings. The SMILES string of the molecule is C[Si](C)(C)O[Si]1(O[Si](O)(O)O[Si]2(O[Si](C)(C)C)n3c4c5ccccc5c3N=C3N=C(N=c5c6ccccc6c(n52)=NC2=NC(=N4)c4ccccc42)c2ccccc23)n2c3c4ccccc4c2N=C2N=C(N=c4c5ccccc5c(n41)=NC1=NC(=N3)c3ccccc31)c1ccccc12. The predicted molar refractivity (Wildman–Crippen MR) is 383 cm³/mol. The van der Waals surface area contributed by atoms with Crippen molar-refractivity contribution in [1.82, 2.24) is 16.9 Å². The number of fused-ring (bicyclic) bond motifs is 28. The molecule has 8 aliphatic heterocycles. The number of hydrogen-bond donors (Lipinski definition) is 2. The summed E-state index contributed by atoms with van der Waals surface area (Å²) in [5.74, 6) is 3.96. The zero-order valence-corrected chi connectivity index (χ0v) is 57.7. The van der Waals surface area contributed by atoms with Crippen molar-refractivity contribution in [2.75, 3.05) is 0 Å². The summed E-state index contributed by atoms with van der Waals surface area (Å²) in [6, 6.07) is 62.6. The Hall–Kier alpha value is -10.7. The van der Waals surface area contributed by atoms with E-state index in [2.05, 4.69) is 0 Å². The van der Waals surface area contributed by atoms with E-state index in [9.17, 15) is 9.59 Å². The summed E-state index contributed by atoms with van der Waals surface area (Å²) in [7, 11) is -23.8. The molecule has 27 heteroatoms. The van der Waals surface area contributed by atoms with Crippen molar-refractivity contribution < 1.29 is 26.1 Å². The molecule has 0 fully saturated rings. The van der Waals surface area contributed by atoms with E-state index in [0.29, 0.717) is 89.8 Å². The third kappa shape index (κ3) is 8.17. The van der Waals surface area contributed by atoms with Crippen LogP contribution in [0.25, 0.3) is 43.1 Å². The van der Waals surface area contributed by atoms with E-state index in [0.717, 1.165) is 44.5 Å². The molecule has 2 unspecified atom stereocenters. The zero-order chi connectivity index (χ0) is 65.2. The van der Waals surface area contributed by atoms with Crippen molar-refractivity contribution >= 4 is 156 Å². The maximum atomic E-state index is 14.9. The molecule has 468 valence electrons. The summed E-state index contributed by atoms with van der Waals surface area (Å²) in [6.07, 6.45) is 0. The van der Waals surface area contributed by atoms with E-state index in [-0.39, 0.29) is 45.2 Å². The Balaban J connectivity index is 0.976. The molecule has 0 saturated heterocycles. The van der Waals surface area contributed by atoms with Crippen LogP contribution in [-0.2, 0) is 16.5 Å². The van der Waals surface area contributed by atoms with E-state index < -0.39 is 43.5 Å². The van der Waals surface area contributed by atoms with Gasteiger partial charge in [-0.25, -0.2) is 59.9 Å². The predicted octanol–water partition coefficient (Wildman–Crippen LogP) is 9.91. The van der Waals surface area contributed by atoms with Crippen LogP contribution >= 0.6 is 0 Å². The molecule has 12 heterocycles. The number of amidine groups is 8. The van der Waals surface area contributed by atoms with Gasteiger partial charge in [-0.15, -0.1) is 0 Å². The van der Waals surface area contributed by atoms with Crippen LogP contribution in [-0.4, -0.2) is 117 Å². The number of aromatic nitrogens is 4. The minimum Gasteiger partial charge on any atom is -0.404 e. The van der Waals surface area contributed by atoms with E-state index in [4.69, 9.17) is 76.4 Å². The maximum absolute atomic E-state index is 14.9. The number of aliphatic imine (C=N–C) groups is 8. The van der Waals surface area contributed by atoms with Crippen LogP contribution in [0, 0.1) is 0 Å². The molecule has 0 spiro atoms. The van der Waals surface area contributed by atoms with Crippen LogP contribution in [0.5, 0.6) is 0 Å². The van der Waals surface area contributed by atoms with Gasteiger partial charge in [0.05, 0.1) is 0 Å². The van der Waals surface area contributed by atoms with Crippen molar-refractivity contribution in [3.05, 3.63) is 261 Å². The van der Waals surface area contributed by atoms with Crippen LogP contribution in [0.4, 0.5) is 23.3 Å². The second-order valence-electron chi connectivity index (χ2n) is 26.5. The first-order valence-electron chi connectivity index (χ1n) is 31.7. The van der Waals surface area contributed by atoms with Crippen molar-refractivity contribution in [1.29, 1.82) is 0 Å². The minimum atomic E-state index is -6.33. The second kappa shape index (κ2) is 19.7. The fourth-order valence-electron chi connectivity index (χ4n) is 14.4. The molecule has 4 aromatic heterocycles. The third-order valence-corrected chi connectivity index (χ3v) is 33.3. The Morgan fingerprint density at radius 3 is 0.660 bits per heavy atom. The summed E-state index contributed by atoms with van der Waals surface area (Å²) in [6.45, 7) is 12.2. The largest absolute Gasteiger partial charge is 0.661 e. The van der Waals surface area contributed by atoms with Crippen LogP contribution in [0.15, 0.2) is 254 Å². The van der Waals surface area contributed by atoms with Crippen molar-refractivity contribution in [2.45, 2.75) is 39.3 Å². The monoisotopic (exact) mass is 1350 g/mol. The van der Waals surface area contributed by atoms with E-state index >= 15 is 0 Å². The number of hydrogen-bond acceptors (Lipinski definition) is 18. The third-order valence-electron chi connectivity index (χ3n) is 18.0. The molecular formula is C70H52N16O6Si5.